The van der Waals surface area contributed by atoms with Crippen molar-refractivity contribution in [3.8, 4) is 5.88 Å². The summed E-state index contributed by atoms with van der Waals surface area (Å²) in [4.78, 5) is 16.9. The first-order valence-corrected chi connectivity index (χ1v) is 11.5. The topological polar surface area (TPSA) is 123 Å². The lowest BCUT2D eigenvalue weighted by atomic mass is 10.0. The summed E-state index contributed by atoms with van der Waals surface area (Å²) >= 11 is 0. The van der Waals surface area contributed by atoms with Crippen molar-refractivity contribution in [2.75, 3.05) is 23.7 Å². The fourth-order valence-electron chi connectivity index (χ4n) is 3.20. The van der Waals surface area contributed by atoms with Gasteiger partial charge in [0.05, 0.1) is 35.6 Å². The normalized spacial score (nSPS) is 14.3. The monoisotopic (exact) mass is 466 g/mol. The summed E-state index contributed by atoms with van der Waals surface area (Å²) in [6, 6.07) is 3.40. The minimum Gasteiger partial charge on any atom is -0.468 e. The summed E-state index contributed by atoms with van der Waals surface area (Å²) in [5, 5.41) is 7.28. The maximum absolute atomic E-state index is 14.9. The fraction of sp³-hybridized carbons (Fsp3) is 0.350. The molecule has 9 nitrogen and oxygen atoms in total. The maximum atomic E-state index is 14.9. The van der Waals surface area contributed by atoms with E-state index in [-0.39, 0.29) is 18.3 Å². The quantitative estimate of drug-likeness (QED) is 0.465. The zero-order valence-electron chi connectivity index (χ0n) is 17.0. The molecule has 1 saturated heterocycles. The van der Waals surface area contributed by atoms with E-state index in [9.17, 15) is 22.0 Å². The number of hydrogen-bond acceptors (Lipinski definition) is 7. The summed E-state index contributed by atoms with van der Waals surface area (Å²) in [6.45, 7) is 2.53. The lowest BCUT2D eigenvalue weighted by Gasteiger charge is -2.25. The standard InChI is InChI=1S/C20H20F2N4O5S/c1-2-5-32(28,29)26-15-4-3-14(21)17(18(15)22)16(27)7-11-6-13-19(23-8-11)24-25-20(13)31-12-9-30-10-12/h3-4,6,8,12,26H,2,5,7,9-10H2,1H3,(H,23,24,25). The van der Waals surface area contributed by atoms with E-state index in [0.29, 0.717) is 42.1 Å². The molecule has 3 aromatic rings. The van der Waals surface area contributed by atoms with E-state index < -0.39 is 38.7 Å². The van der Waals surface area contributed by atoms with Crippen LogP contribution in [0.5, 0.6) is 5.88 Å². The van der Waals surface area contributed by atoms with Crippen LogP contribution in [0.2, 0.25) is 0 Å². The second kappa shape index (κ2) is 8.79. The first-order valence-electron chi connectivity index (χ1n) is 9.86. The van der Waals surface area contributed by atoms with Crippen LogP contribution in [0.1, 0.15) is 29.3 Å². The number of Topliss-reactive ketones (excluding diaryl/α,β-unsaturated/α-hetero) is 1. The minimum atomic E-state index is -3.82. The van der Waals surface area contributed by atoms with Crippen molar-refractivity contribution in [1.82, 2.24) is 15.2 Å². The number of rotatable bonds is 9. The van der Waals surface area contributed by atoms with Gasteiger partial charge in [-0.1, -0.05) is 6.92 Å². The third-order valence-electron chi connectivity index (χ3n) is 4.80. The number of halogens is 2. The van der Waals surface area contributed by atoms with Crippen molar-refractivity contribution in [3.05, 3.63) is 47.2 Å². The van der Waals surface area contributed by atoms with Crippen molar-refractivity contribution in [3.63, 3.8) is 0 Å². The molecule has 0 unspecified atom stereocenters. The second-order valence-corrected chi connectivity index (χ2v) is 9.19. The van der Waals surface area contributed by atoms with Crippen molar-refractivity contribution in [1.29, 1.82) is 0 Å². The molecular formula is C20H20F2N4O5S. The van der Waals surface area contributed by atoms with Gasteiger partial charge in [0.2, 0.25) is 15.9 Å². The van der Waals surface area contributed by atoms with Gasteiger partial charge in [0, 0.05) is 12.6 Å². The molecule has 32 heavy (non-hydrogen) atoms. The molecule has 2 N–H and O–H groups in total. The number of aromatic amines is 1. The van der Waals surface area contributed by atoms with Crippen molar-refractivity contribution in [2.24, 2.45) is 0 Å². The Morgan fingerprint density at radius 3 is 2.81 bits per heavy atom. The number of hydrogen-bond donors (Lipinski definition) is 2. The largest absolute Gasteiger partial charge is 0.468 e. The van der Waals surface area contributed by atoms with Crippen LogP contribution in [-0.2, 0) is 21.2 Å². The number of anilines is 1. The fourth-order valence-corrected chi connectivity index (χ4v) is 4.33. The summed E-state index contributed by atoms with van der Waals surface area (Å²) in [5.74, 6) is -3.16. The Morgan fingerprint density at radius 1 is 1.34 bits per heavy atom. The lowest BCUT2D eigenvalue weighted by Crippen LogP contribution is -2.38. The third kappa shape index (κ3) is 4.55. The number of fused-ring (bicyclic) bond motifs is 1. The Kier molecular flexibility index (Phi) is 6.07. The van der Waals surface area contributed by atoms with Crippen molar-refractivity contribution in [2.45, 2.75) is 25.9 Å². The Labute approximate surface area is 182 Å². The number of ketones is 1. The smallest absolute Gasteiger partial charge is 0.242 e. The van der Waals surface area contributed by atoms with Crippen LogP contribution < -0.4 is 9.46 Å². The lowest BCUT2D eigenvalue weighted by molar-refractivity contribution is -0.0807. The van der Waals surface area contributed by atoms with Gasteiger partial charge < -0.3 is 9.47 Å². The highest BCUT2D eigenvalue weighted by molar-refractivity contribution is 7.92. The van der Waals surface area contributed by atoms with Gasteiger partial charge in [0.25, 0.3) is 0 Å². The highest BCUT2D eigenvalue weighted by Crippen LogP contribution is 2.27. The van der Waals surface area contributed by atoms with E-state index in [4.69, 9.17) is 9.47 Å². The minimum absolute atomic E-state index is 0.130. The van der Waals surface area contributed by atoms with E-state index in [1.165, 1.54) is 6.20 Å². The number of nitrogens with zero attached hydrogens (tertiary/aromatic N) is 2. The Bertz CT molecular complexity index is 1270. The molecule has 1 aromatic carbocycles. The first kappa shape index (κ1) is 22.1. The van der Waals surface area contributed by atoms with Crippen molar-refractivity contribution < 1.29 is 31.5 Å². The van der Waals surface area contributed by atoms with Gasteiger partial charge in [-0.3, -0.25) is 14.6 Å². The number of pyridine rings is 1. The van der Waals surface area contributed by atoms with E-state index in [2.05, 4.69) is 19.9 Å². The predicted octanol–water partition coefficient (Wildman–Crippen LogP) is 2.59. The number of H-pyrrole nitrogens is 1. The van der Waals surface area contributed by atoms with Gasteiger partial charge in [-0.2, -0.15) is 0 Å². The number of carbonyl (C=O) groups is 1. The predicted molar refractivity (Wildman–Crippen MR) is 111 cm³/mol. The van der Waals surface area contributed by atoms with Gasteiger partial charge in [0.1, 0.15) is 11.9 Å². The Morgan fingerprint density at radius 2 is 2.12 bits per heavy atom. The van der Waals surface area contributed by atoms with Crippen LogP contribution in [0.4, 0.5) is 14.5 Å². The molecule has 0 bridgehead atoms. The SMILES string of the molecule is CCCS(=O)(=O)Nc1ccc(F)c(C(=O)Cc2cnc3[nH]nc(OC4COC4)c3c2)c1F. The summed E-state index contributed by atoms with van der Waals surface area (Å²) in [5.41, 5.74) is -0.488. The molecular weight excluding hydrogens is 446 g/mol. The molecule has 0 aliphatic carbocycles. The molecule has 1 fully saturated rings. The Hall–Kier alpha value is -3.12. The van der Waals surface area contributed by atoms with E-state index in [1.807, 2.05) is 0 Å². The Balaban J connectivity index is 1.59. The van der Waals surface area contributed by atoms with Gasteiger partial charge in [-0.05, 0) is 30.2 Å². The molecule has 0 radical (unpaired) electrons. The van der Waals surface area contributed by atoms with E-state index in [0.717, 1.165) is 12.1 Å². The second-order valence-electron chi connectivity index (χ2n) is 7.35. The molecule has 4 rings (SSSR count). The van der Waals surface area contributed by atoms with Crippen LogP contribution >= 0.6 is 0 Å². The summed E-state index contributed by atoms with van der Waals surface area (Å²) < 4.78 is 65.9. The van der Waals surface area contributed by atoms with E-state index >= 15 is 0 Å². The number of nitrogens with one attached hydrogen (secondary N) is 2. The number of benzene rings is 1. The first-order chi connectivity index (χ1) is 15.3. The molecule has 0 saturated carbocycles. The van der Waals surface area contributed by atoms with Crippen LogP contribution in [0.15, 0.2) is 24.4 Å². The average Bonchev–Trinajstić information content (AvgIpc) is 3.09. The maximum Gasteiger partial charge on any atom is 0.242 e. The average molecular weight is 466 g/mol. The molecule has 3 heterocycles. The van der Waals surface area contributed by atoms with Gasteiger partial charge in [-0.25, -0.2) is 22.2 Å². The number of sulfonamides is 1. The molecule has 12 heteroatoms. The van der Waals surface area contributed by atoms with Gasteiger partial charge in [-0.15, -0.1) is 5.10 Å². The highest BCUT2D eigenvalue weighted by atomic mass is 32.2. The number of aromatic nitrogens is 3. The highest BCUT2D eigenvalue weighted by Gasteiger charge is 2.25. The van der Waals surface area contributed by atoms with Gasteiger partial charge in [0.15, 0.2) is 17.2 Å². The third-order valence-corrected chi connectivity index (χ3v) is 6.27. The molecule has 2 aromatic heterocycles. The molecule has 170 valence electrons. The van der Waals surface area contributed by atoms with Gasteiger partial charge >= 0.3 is 0 Å². The summed E-state index contributed by atoms with van der Waals surface area (Å²) in [7, 11) is -3.82. The van der Waals surface area contributed by atoms with Crippen LogP contribution in [-0.4, -0.2) is 54.5 Å². The zero-order chi connectivity index (χ0) is 22.9. The van der Waals surface area contributed by atoms with Crippen molar-refractivity contribution >= 4 is 32.5 Å². The molecule has 0 spiro atoms. The number of ether oxygens (including phenoxy) is 2. The summed E-state index contributed by atoms with van der Waals surface area (Å²) in [6.07, 6.45) is 1.21. The van der Waals surface area contributed by atoms with E-state index in [1.54, 1.807) is 13.0 Å². The number of carbonyl (C=O) groups excluding carboxylic acids is 1. The van der Waals surface area contributed by atoms with Crippen LogP contribution in [0.3, 0.4) is 0 Å². The van der Waals surface area contributed by atoms with Crippen LogP contribution in [0, 0.1) is 11.6 Å². The molecule has 1 aliphatic heterocycles. The molecule has 0 amide bonds. The molecule has 1 aliphatic rings. The zero-order valence-corrected chi connectivity index (χ0v) is 17.8. The van der Waals surface area contributed by atoms with Crippen LogP contribution in [0.25, 0.3) is 11.0 Å². The molecule has 0 atom stereocenters.